The Morgan fingerprint density at radius 1 is 1.48 bits per heavy atom. The van der Waals surface area contributed by atoms with Crippen LogP contribution in [0.4, 0.5) is 5.82 Å². The second-order valence-corrected chi connectivity index (χ2v) is 5.31. The molecule has 0 bridgehead atoms. The zero-order chi connectivity index (χ0) is 14.7. The first-order chi connectivity index (χ1) is 10.3. The van der Waals surface area contributed by atoms with Gasteiger partial charge in [-0.2, -0.15) is 0 Å². The number of aromatic nitrogens is 1. The smallest absolute Gasteiger partial charge is 0.341 e. The van der Waals surface area contributed by atoms with Gasteiger partial charge in [-0.1, -0.05) is 0 Å². The Kier molecular flexibility index (Phi) is 4.36. The fourth-order valence-electron chi connectivity index (χ4n) is 2.96. The van der Waals surface area contributed by atoms with Crippen molar-refractivity contribution in [3.63, 3.8) is 0 Å². The minimum Gasteiger partial charge on any atom is -0.462 e. The van der Waals surface area contributed by atoms with Crippen molar-refractivity contribution >= 4 is 11.8 Å². The van der Waals surface area contributed by atoms with E-state index in [-0.39, 0.29) is 5.97 Å². The minimum atomic E-state index is -0.303. The number of carbonyl (C=O) groups is 1. The number of ether oxygens (including phenoxy) is 2. The Morgan fingerprint density at radius 2 is 2.38 bits per heavy atom. The van der Waals surface area contributed by atoms with E-state index in [0.717, 1.165) is 45.2 Å². The lowest BCUT2D eigenvalue weighted by atomic mass is 10.1. The number of rotatable bonds is 3. The van der Waals surface area contributed by atoms with Crippen molar-refractivity contribution in [1.29, 1.82) is 0 Å². The van der Waals surface area contributed by atoms with Crippen molar-refractivity contribution in [1.82, 2.24) is 9.88 Å². The van der Waals surface area contributed by atoms with E-state index >= 15 is 0 Å². The summed E-state index contributed by atoms with van der Waals surface area (Å²) in [6.07, 6.45) is 1.72. The lowest BCUT2D eigenvalue weighted by molar-refractivity contribution is -0.0118. The third-order valence-corrected chi connectivity index (χ3v) is 4.02. The highest BCUT2D eigenvalue weighted by Gasteiger charge is 2.31. The molecule has 0 unspecified atom stereocenters. The Balaban J connectivity index is 1.79. The van der Waals surface area contributed by atoms with E-state index in [4.69, 9.17) is 9.47 Å². The second-order valence-electron chi connectivity index (χ2n) is 5.31. The fourth-order valence-corrected chi connectivity index (χ4v) is 2.96. The molecule has 0 aromatic carbocycles. The zero-order valence-corrected chi connectivity index (χ0v) is 12.3. The highest BCUT2D eigenvalue weighted by atomic mass is 16.5. The number of morpholine rings is 1. The quantitative estimate of drug-likeness (QED) is 0.767. The molecule has 1 atom stereocenters. The van der Waals surface area contributed by atoms with Crippen LogP contribution in [0.1, 0.15) is 17.3 Å². The predicted molar refractivity (Wildman–Crippen MR) is 78.6 cm³/mol. The summed E-state index contributed by atoms with van der Waals surface area (Å²) in [5.74, 6) is 0.420. The third kappa shape index (κ3) is 3.01. The van der Waals surface area contributed by atoms with Gasteiger partial charge in [0.1, 0.15) is 11.4 Å². The first-order valence-electron chi connectivity index (χ1n) is 7.48. The number of anilines is 1. The number of pyridine rings is 1. The molecule has 3 rings (SSSR count). The second kappa shape index (κ2) is 6.41. The molecule has 1 aromatic heterocycles. The zero-order valence-electron chi connectivity index (χ0n) is 12.3. The standard InChI is InChI=1S/C15H21N3O3/c1-2-21-15(19)13-4-3-5-16-14(13)18-7-6-17-8-9-20-11-12(17)10-18/h3-5,12H,2,6-11H2,1H3/t12-/m0/s1. The highest BCUT2D eigenvalue weighted by molar-refractivity contribution is 5.94. The molecule has 0 spiro atoms. The number of nitrogens with zero attached hydrogens (tertiary/aromatic N) is 3. The number of hydrogen-bond donors (Lipinski definition) is 0. The van der Waals surface area contributed by atoms with Crippen molar-refractivity contribution in [3.05, 3.63) is 23.9 Å². The van der Waals surface area contributed by atoms with Gasteiger partial charge in [0.2, 0.25) is 0 Å². The largest absolute Gasteiger partial charge is 0.462 e. The van der Waals surface area contributed by atoms with Gasteiger partial charge in [-0.15, -0.1) is 0 Å². The molecule has 114 valence electrons. The number of fused-ring (bicyclic) bond motifs is 1. The maximum absolute atomic E-state index is 12.1. The van der Waals surface area contributed by atoms with E-state index < -0.39 is 0 Å². The summed E-state index contributed by atoms with van der Waals surface area (Å²) in [5, 5.41) is 0. The van der Waals surface area contributed by atoms with Crippen LogP contribution in [0.5, 0.6) is 0 Å². The average Bonchev–Trinajstić information content (AvgIpc) is 2.54. The van der Waals surface area contributed by atoms with Crippen molar-refractivity contribution in [3.8, 4) is 0 Å². The molecule has 21 heavy (non-hydrogen) atoms. The average molecular weight is 291 g/mol. The molecule has 0 radical (unpaired) electrons. The van der Waals surface area contributed by atoms with Gasteiger partial charge < -0.3 is 14.4 Å². The van der Waals surface area contributed by atoms with Crippen LogP contribution < -0.4 is 4.90 Å². The molecular weight excluding hydrogens is 270 g/mol. The molecule has 6 heteroatoms. The molecule has 0 amide bonds. The molecule has 2 saturated heterocycles. The summed E-state index contributed by atoms with van der Waals surface area (Å²) in [5.41, 5.74) is 0.546. The van der Waals surface area contributed by atoms with Gasteiger partial charge in [0.05, 0.1) is 25.9 Å². The maximum Gasteiger partial charge on any atom is 0.341 e. The van der Waals surface area contributed by atoms with Crippen LogP contribution in [-0.2, 0) is 9.47 Å². The van der Waals surface area contributed by atoms with Crippen LogP contribution in [0.2, 0.25) is 0 Å². The van der Waals surface area contributed by atoms with Crippen LogP contribution in [0.25, 0.3) is 0 Å². The summed E-state index contributed by atoms with van der Waals surface area (Å²) < 4.78 is 10.7. The van der Waals surface area contributed by atoms with Gasteiger partial charge >= 0.3 is 5.97 Å². The number of piperazine rings is 1. The highest BCUT2D eigenvalue weighted by Crippen LogP contribution is 2.23. The molecule has 0 saturated carbocycles. The van der Waals surface area contributed by atoms with E-state index in [1.807, 2.05) is 6.92 Å². The molecule has 0 N–H and O–H groups in total. The van der Waals surface area contributed by atoms with Crippen molar-refractivity contribution in [2.24, 2.45) is 0 Å². The van der Waals surface area contributed by atoms with Crippen LogP contribution in [0.15, 0.2) is 18.3 Å². The Labute approximate surface area is 124 Å². The van der Waals surface area contributed by atoms with Gasteiger partial charge in [0.25, 0.3) is 0 Å². The molecule has 3 heterocycles. The van der Waals surface area contributed by atoms with Gasteiger partial charge in [0, 0.05) is 32.4 Å². The van der Waals surface area contributed by atoms with Crippen molar-refractivity contribution < 1.29 is 14.3 Å². The Hall–Kier alpha value is -1.66. The van der Waals surface area contributed by atoms with Crippen LogP contribution in [0.3, 0.4) is 0 Å². The van der Waals surface area contributed by atoms with Gasteiger partial charge in [-0.05, 0) is 19.1 Å². The Bertz CT molecular complexity index is 509. The summed E-state index contributed by atoms with van der Waals surface area (Å²) in [6.45, 7) is 7.43. The molecule has 0 aliphatic carbocycles. The molecule has 1 aromatic rings. The van der Waals surface area contributed by atoms with Crippen molar-refractivity contribution in [2.75, 3.05) is 50.9 Å². The third-order valence-electron chi connectivity index (χ3n) is 4.02. The Morgan fingerprint density at radius 3 is 3.24 bits per heavy atom. The van der Waals surface area contributed by atoms with Gasteiger partial charge in [-0.25, -0.2) is 9.78 Å². The number of esters is 1. The number of carbonyl (C=O) groups excluding carboxylic acids is 1. The monoisotopic (exact) mass is 291 g/mol. The van der Waals surface area contributed by atoms with E-state index in [2.05, 4.69) is 14.8 Å². The SMILES string of the molecule is CCOC(=O)c1cccnc1N1CCN2CCOC[C@@H]2C1. The van der Waals surface area contributed by atoms with Crippen LogP contribution >= 0.6 is 0 Å². The van der Waals surface area contributed by atoms with E-state index in [1.54, 1.807) is 18.3 Å². The summed E-state index contributed by atoms with van der Waals surface area (Å²) >= 11 is 0. The predicted octanol–water partition coefficient (Wildman–Crippen LogP) is 0.779. The normalized spacial score (nSPS) is 22.7. The summed E-state index contributed by atoms with van der Waals surface area (Å²) in [7, 11) is 0. The lowest BCUT2D eigenvalue weighted by Crippen LogP contribution is -2.58. The molecular formula is C15H21N3O3. The molecule has 2 aliphatic rings. The van der Waals surface area contributed by atoms with Crippen LogP contribution in [-0.4, -0.2) is 67.9 Å². The topological polar surface area (TPSA) is 54.9 Å². The van der Waals surface area contributed by atoms with E-state index in [1.165, 1.54) is 0 Å². The first kappa shape index (κ1) is 14.3. The van der Waals surface area contributed by atoms with E-state index in [9.17, 15) is 4.79 Å². The fraction of sp³-hybridized carbons (Fsp3) is 0.600. The molecule has 2 aliphatic heterocycles. The summed E-state index contributed by atoms with van der Waals surface area (Å²) in [4.78, 5) is 21.1. The number of hydrogen-bond acceptors (Lipinski definition) is 6. The van der Waals surface area contributed by atoms with Crippen LogP contribution in [0, 0.1) is 0 Å². The lowest BCUT2D eigenvalue weighted by Gasteiger charge is -2.44. The van der Waals surface area contributed by atoms with Crippen molar-refractivity contribution in [2.45, 2.75) is 13.0 Å². The van der Waals surface area contributed by atoms with E-state index in [0.29, 0.717) is 18.2 Å². The minimum absolute atomic E-state index is 0.303. The molecule has 2 fully saturated rings. The first-order valence-corrected chi connectivity index (χ1v) is 7.48. The summed E-state index contributed by atoms with van der Waals surface area (Å²) in [6, 6.07) is 3.93. The molecule has 6 nitrogen and oxygen atoms in total. The van der Waals surface area contributed by atoms with Gasteiger partial charge in [0.15, 0.2) is 0 Å². The van der Waals surface area contributed by atoms with Gasteiger partial charge in [-0.3, -0.25) is 4.90 Å². The maximum atomic E-state index is 12.1.